The molecule has 0 atom stereocenters. The zero-order valence-electron chi connectivity index (χ0n) is 15.5. The van der Waals surface area contributed by atoms with Crippen molar-refractivity contribution in [3.8, 4) is 0 Å². The molecule has 0 radical (unpaired) electrons. The smallest absolute Gasteiger partial charge is 0.251 e. The number of carbonyl (C=O) groups is 2. The lowest BCUT2D eigenvalue weighted by atomic mass is 10.1. The fourth-order valence-electron chi connectivity index (χ4n) is 2.79. The van der Waals surface area contributed by atoms with Gasteiger partial charge in [0.15, 0.2) is 0 Å². The minimum absolute atomic E-state index is 0.0588. The molecule has 2 aromatic heterocycles. The van der Waals surface area contributed by atoms with Crippen LogP contribution < -0.4 is 10.9 Å². The number of hydrogen-bond donors (Lipinski definition) is 1. The summed E-state index contributed by atoms with van der Waals surface area (Å²) < 4.78 is 6.74. The van der Waals surface area contributed by atoms with Gasteiger partial charge in [-0.15, -0.1) is 0 Å². The molecular weight excluding hydrogens is 358 g/mol. The van der Waals surface area contributed by atoms with E-state index in [1.807, 2.05) is 12.1 Å². The van der Waals surface area contributed by atoms with Crippen LogP contribution in [0.5, 0.6) is 0 Å². The predicted molar refractivity (Wildman–Crippen MR) is 103 cm³/mol. The summed E-state index contributed by atoms with van der Waals surface area (Å²) >= 11 is 0. The first-order valence-electron chi connectivity index (χ1n) is 8.83. The van der Waals surface area contributed by atoms with Crippen molar-refractivity contribution in [2.45, 2.75) is 19.6 Å². The summed E-state index contributed by atoms with van der Waals surface area (Å²) in [6.07, 6.45) is 3.14. The lowest BCUT2D eigenvalue weighted by molar-refractivity contribution is -0.133. The Kier molecular flexibility index (Phi) is 6.06. The molecule has 0 aliphatic rings. The van der Waals surface area contributed by atoms with E-state index in [0.717, 1.165) is 5.56 Å². The normalized spacial score (nSPS) is 10.5. The maximum Gasteiger partial charge on any atom is 0.251 e. The zero-order valence-corrected chi connectivity index (χ0v) is 15.5. The third-order valence-corrected chi connectivity index (χ3v) is 4.30. The molecule has 0 unspecified atom stereocenters. The summed E-state index contributed by atoms with van der Waals surface area (Å²) in [6, 6.07) is 15.4. The first-order valence-corrected chi connectivity index (χ1v) is 8.83. The average Bonchev–Trinajstić information content (AvgIpc) is 3.22. The van der Waals surface area contributed by atoms with Crippen molar-refractivity contribution >= 4 is 11.8 Å². The molecule has 0 saturated carbocycles. The van der Waals surface area contributed by atoms with Crippen molar-refractivity contribution in [3.63, 3.8) is 0 Å². The molecule has 0 spiro atoms. The number of furan rings is 1. The van der Waals surface area contributed by atoms with Gasteiger partial charge < -0.3 is 19.2 Å². The van der Waals surface area contributed by atoms with Crippen molar-refractivity contribution in [2.75, 3.05) is 7.05 Å². The molecule has 0 saturated heterocycles. The molecule has 0 aliphatic heterocycles. The van der Waals surface area contributed by atoms with Crippen molar-refractivity contribution in [2.24, 2.45) is 0 Å². The summed E-state index contributed by atoms with van der Waals surface area (Å²) in [5.41, 5.74) is 1.18. The van der Waals surface area contributed by atoms with E-state index in [1.54, 1.807) is 60.8 Å². The van der Waals surface area contributed by atoms with E-state index in [1.165, 1.54) is 10.6 Å². The molecule has 144 valence electrons. The molecule has 3 rings (SSSR count). The van der Waals surface area contributed by atoms with Crippen LogP contribution >= 0.6 is 0 Å². The Morgan fingerprint density at radius 2 is 1.82 bits per heavy atom. The van der Waals surface area contributed by atoms with Gasteiger partial charge in [0.1, 0.15) is 12.3 Å². The SMILES string of the molecule is CNC(=O)c1ccc(CN(Cc2ccco2)C(=O)Cn2ccccc2=O)cc1. The lowest BCUT2D eigenvalue weighted by Crippen LogP contribution is -2.35. The van der Waals surface area contributed by atoms with Gasteiger partial charge in [-0.3, -0.25) is 14.4 Å². The largest absolute Gasteiger partial charge is 0.467 e. The van der Waals surface area contributed by atoms with Gasteiger partial charge in [-0.1, -0.05) is 18.2 Å². The van der Waals surface area contributed by atoms with Crippen LogP contribution in [-0.4, -0.2) is 28.3 Å². The molecule has 2 heterocycles. The Labute approximate surface area is 162 Å². The molecule has 0 aliphatic carbocycles. The number of aromatic nitrogens is 1. The Bertz CT molecular complexity index is 991. The maximum absolute atomic E-state index is 12.9. The predicted octanol–water partition coefficient (Wildman–Crippen LogP) is 2.03. The molecule has 7 nitrogen and oxygen atoms in total. The van der Waals surface area contributed by atoms with Crippen LogP contribution in [0.3, 0.4) is 0 Å². The standard InChI is InChI=1S/C21H21N3O4/c1-22-21(27)17-9-7-16(8-10-17)13-24(14-18-5-4-12-28-18)20(26)15-23-11-3-2-6-19(23)25/h2-12H,13-15H2,1H3,(H,22,27). The highest BCUT2D eigenvalue weighted by Crippen LogP contribution is 2.13. The number of nitrogens with zero attached hydrogens (tertiary/aromatic N) is 2. The van der Waals surface area contributed by atoms with Gasteiger partial charge in [-0.2, -0.15) is 0 Å². The van der Waals surface area contributed by atoms with E-state index in [-0.39, 0.29) is 30.5 Å². The fourth-order valence-corrected chi connectivity index (χ4v) is 2.79. The highest BCUT2D eigenvalue weighted by Gasteiger charge is 2.17. The van der Waals surface area contributed by atoms with E-state index >= 15 is 0 Å². The van der Waals surface area contributed by atoms with Gasteiger partial charge in [0, 0.05) is 31.4 Å². The van der Waals surface area contributed by atoms with Crippen LogP contribution in [0.2, 0.25) is 0 Å². The first-order chi connectivity index (χ1) is 13.6. The Morgan fingerprint density at radius 1 is 1.04 bits per heavy atom. The molecule has 3 aromatic rings. The fraction of sp³-hybridized carbons (Fsp3) is 0.190. The van der Waals surface area contributed by atoms with Crippen molar-refractivity contribution in [1.82, 2.24) is 14.8 Å². The van der Waals surface area contributed by atoms with Crippen molar-refractivity contribution < 1.29 is 14.0 Å². The van der Waals surface area contributed by atoms with Crippen LogP contribution in [0, 0.1) is 0 Å². The van der Waals surface area contributed by atoms with Gasteiger partial charge in [-0.05, 0) is 35.9 Å². The minimum atomic E-state index is -0.233. The topological polar surface area (TPSA) is 84.6 Å². The molecule has 7 heteroatoms. The van der Waals surface area contributed by atoms with E-state index in [0.29, 0.717) is 17.9 Å². The quantitative estimate of drug-likeness (QED) is 0.681. The van der Waals surface area contributed by atoms with Gasteiger partial charge >= 0.3 is 0 Å². The Hall–Kier alpha value is -3.61. The summed E-state index contributed by atoms with van der Waals surface area (Å²) in [5, 5.41) is 2.57. The van der Waals surface area contributed by atoms with Crippen molar-refractivity contribution in [1.29, 1.82) is 0 Å². The minimum Gasteiger partial charge on any atom is -0.467 e. The van der Waals surface area contributed by atoms with Crippen LogP contribution in [-0.2, 0) is 24.4 Å². The third-order valence-electron chi connectivity index (χ3n) is 4.30. The first kappa shape index (κ1) is 19.2. The molecule has 1 aromatic carbocycles. The lowest BCUT2D eigenvalue weighted by Gasteiger charge is -2.22. The molecule has 2 amide bonds. The monoisotopic (exact) mass is 379 g/mol. The molecule has 1 N–H and O–H groups in total. The molecule has 0 bridgehead atoms. The number of carbonyl (C=O) groups excluding carboxylic acids is 2. The summed E-state index contributed by atoms with van der Waals surface area (Å²) in [6.45, 7) is 0.552. The van der Waals surface area contributed by atoms with Crippen LogP contribution in [0.1, 0.15) is 21.7 Å². The second-order valence-corrected chi connectivity index (χ2v) is 6.27. The average molecular weight is 379 g/mol. The second-order valence-electron chi connectivity index (χ2n) is 6.27. The van der Waals surface area contributed by atoms with Crippen LogP contribution in [0.25, 0.3) is 0 Å². The van der Waals surface area contributed by atoms with Gasteiger partial charge in [0.2, 0.25) is 5.91 Å². The Morgan fingerprint density at radius 3 is 2.46 bits per heavy atom. The van der Waals surface area contributed by atoms with Crippen molar-refractivity contribution in [3.05, 3.63) is 94.3 Å². The molecule has 28 heavy (non-hydrogen) atoms. The molecule has 0 fully saturated rings. The van der Waals surface area contributed by atoms with Crippen LogP contribution in [0.15, 0.2) is 76.3 Å². The zero-order chi connectivity index (χ0) is 19.9. The van der Waals surface area contributed by atoms with Gasteiger partial charge in [0.05, 0.1) is 12.8 Å². The number of benzene rings is 1. The highest BCUT2D eigenvalue weighted by molar-refractivity contribution is 5.93. The maximum atomic E-state index is 12.9. The van der Waals surface area contributed by atoms with Crippen LogP contribution in [0.4, 0.5) is 0 Å². The van der Waals surface area contributed by atoms with E-state index < -0.39 is 0 Å². The van der Waals surface area contributed by atoms with Gasteiger partial charge in [0.25, 0.3) is 11.5 Å². The highest BCUT2D eigenvalue weighted by atomic mass is 16.3. The Balaban J connectivity index is 1.78. The third kappa shape index (κ3) is 4.76. The summed E-state index contributed by atoms with van der Waals surface area (Å²) in [4.78, 5) is 38.1. The summed E-state index contributed by atoms with van der Waals surface area (Å²) in [7, 11) is 1.57. The van der Waals surface area contributed by atoms with E-state index in [2.05, 4.69) is 5.32 Å². The molecular formula is C21H21N3O4. The second kappa shape index (κ2) is 8.85. The van der Waals surface area contributed by atoms with Gasteiger partial charge in [-0.25, -0.2) is 0 Å². The number of amides is 2. The number of hydrogen-bond acceptors (Lipinski definition) is 4. The summed E-state index contributed by atoms with van der Waals surface area (Å²) in [5.74, 6) is 0.273. The number of pyridine rings is 1. The van der Waals surface area contributed by atoms with E-state index in [9.17, 15) is 14.4 Å². The number of rotatable bonds is 7. The number of nitrogens with one attached hydrogen (secondary N) is 1. The van der Waals surface area contributed by atoms with E-state index in [4.69, 9.17) is 4.42 Å².